The van der Waals surface area contributed by atoms with Gasteiger partial charge in [0, 0.05) is 12.7 Å². The third-order valence-corrected chi connectivity index (χ3v) is 1.70. The number of hydrogen-bond acceptors (Lipinski definition) is 2. The molecule has 1 rings (SSSR count). The first-order chi connectivity index (χ1) is 5.75. The summed E-state index contributed by atoms with van der Waals surface area (Å²) in [6.45, 7) is 2.06. The lowest BCUT2D eigenvalue weighted by molar-refractivity contribution is 0.101. The Labute approximate surface area is 72.2 Å². The van der Waals surface area contributed by atoms with Gasteiger partial charge in [-0.05, 0) is 12.5 Å². The van der Waals surface area contributed by atoms with Gasteiger partial charge in [0.25, 0.3) is 0 Å². The van der Waals surface area contributed by atoms with Gasteiger partial charge in [0.1, 0.15) is 0 Å². The van der Waals surface area contributed by atoms with E-state index in [1.165, 1.54) is 0 Å². The Kier molecular flexibility index (Phi) is 3.00. The first-order valence-corrected chi connectivity index (χ1v) is 3.83. The maximum atomic E-state index is 11.1. The van der Waals surface area contributed by atoms with Crippen molar-refractivity contribution < 1.29 is 9.53 Å². The van der Waals surface area contributed by atoms with Gasteiger partial charge in [0.15, 0.2) is 5.78 Å². The molecule has 1 aromatic rings. The van der Waals surface area contributed by atoms with Crippen molar-refractivity contribution in [3.05, 3.63) is 35.4 Å². The number of methoxy groups -OCH3 is 1. The largest absolute Gasteiger partial charge is 0.380 e. The fourth-order valence-electron chi connectivity index (χ4n) is 1.15. The van der Waals surface area contributed by atoms with E-state index in [4.69, 9.17) is 4.74 Å². The van der Waals surface area contributed by atoms with Gasteiger partial charge in [0.2, 0.25) is 0 Å². The Morgan fingerprint density at radius 1 is 1.42 bits per heavy atom. The van der Waals surface area contributed by atoms with Crippen LogP contribution >= 0.6 is 0 Å². The molecule has 12 heavy (non-hydrogen) atoms. The van der Waals surface area contributed by atoms with E-state index >= 15 is 0 Å². The molecule has 0 aliphatic heterocycles. The number of ether oxygens (including phenoxy) is 1. The number of ketones is 1. The molecule has 2 heteroatoms. The molecule has 0 heterocycles. The summed E-state index contributed by atoms with van der Waals surface area (Å²) in [4.78, 5) is 11.1. The van der Waals surface area contributed by atoms with E-state index in [9.17, 15) is 4.79 Å². The van der Waals surface area contributed by atoms with Crippen LogP contribution in [0.15, 0.2) is 24.3 Å². The Morgan fingerprint density at radius 3 is 2.67 bits per heavy atom. The van der Waals surface area contributed by atoms with E-state index in [-0.39, 0.29) is 5.78 Å². The van der Waals surface area contributed by atoms with Crippen LogP contribution < -0.4 is 0 Å². The Balaban J connectivity index is 3.00. The highest BCUT2D eigenvalue weighted by molar-refractivity contribution is 5.95. The van der Waals surface area contributed by atoms with Gasteiger partial charge in [-0.25, -0.2) is 0 Å². The second-order valence-corrected chi connectivity index (χ2v) is 2.65. The highest BCUT2D eigenvalue weighted by Gasteiger charge is 2.04. The molecule has 0 bridgehead atoms. The van der Waals surface area contributed by atoms with Crippen LogP contribution in [0.4, 0.5) is 0 Å². The zero-order chi connectivity index (χ0) is 8.97. The van der Waals surface area contributed by atoms with Crippen molar-refractivity contribution in [1.29, 1.82) is 0 Å². The van der Waals surface area contributed by atoms with Crippen LogP contribution in [-0.4, -0.2) is 12.9 Å². The Morgan fingerprint density at radius 2 is 2.08 bits per heavy atom. The van der Waals surface area contributed by atoms with Crippen molar-refractivity contribution >= 4 is 5.78 Å². The summed E-state index contributed by atoms with van der Waals surface area (Å²) >= 11 is 0. The van der Waals surface area contributed by atoms with Crippen LogP contribution in [-0.2, 0) is 11.3 Å². The van der Waals surface area contributed by atoms with Gasteiger partial charge in [-0.15, -0.1) is 0 Å². The summed E-state index contributed by atoms with van der Waals surface area (Å²) in [5, 5.41) is 0. The number of Topliss-reactive ketones (excluding diaryl/α,β-unsaturated/α-hetero) is 1. The quantitative estimate of drug-likeness (QED) is 0.639. The normalized spacial score (nSPS) is 9.83. The van der Waals surface area contributed by atoms with Crippen molar-refractivity contribution in [2.45, 2.75) is 13.5 Å². The monoisotopic (exact) mass is 164 g/mol. The summed E-state index contributed by atoms with van der Waals surface area (Å²) in [6, 6.07) is 7.48. The lowest BCUT2D eigenvalue weighted by atomic mass is 10.1. The fourth-order valence-corrected chi connectivity index (χ4v) is 1.15. The van der Waals surface area contributed by atoms with Crippen LogP contribution in [0.2, 0.25) is 0 Å². The molecule has 0 aliphatic rings. The smallest absolute Gasteiger partial charge is 0.160 e. The summed E-state index contributed by atoms with van der Waals surface area (Å²) in [6.07, 6.45) is 0. The van der Waals surface area contributed by atoms with Gasteiger partial charge < -0.3 is 4.74 Å². The minimum atomic E-state index is 0.0858. The van der Waals surface area contributed by atoms with Crippen LogP contribution in [0.1, 0.15) is 22.8 Å². The molecule has 64 valence electrons. The van der Waals surface area contributed by atoms with E-state index in [1.54, 1.807) is 14.0 Å². The SMILES string of the molecule is COCc1ccccc1C(C)=O. The van der Waals surface area contributed by atoms with Gasteiger partial charge in [-0.3, -0.25) is 4.79 Å². The maximum absolute atomic E-state index is 11.1. The molecule has 0 N–H and O–H groups in total. The minimum absolute atomic E-state index is 0.0858. The van der Waals surface area contributed by atoms with Crippen molar-refractivity contribution in [2.75, 3.05) is 7.11 Å². The highest BCUT2D eigenvalue weighted by atomic mass is 16.5. The molecule has 0 aromatic heterocycles. The van der Waals surface area contributed by atoms with E-state index in [0.29, 0.717) is 6.61 Å². The number of hydrogen-bond donors (Lipinski definition) is 0. The molecule has 0 fully saturated rings. The van der Waals surface area contributed by atoms with Crippen molar-refractivity contribution in [3.8, 4) is 0 Å². The molecule has 0 aliphatic carbocycles. The Bertz CT molecular complexity index is 279. The van der Waals surface area contributed by atoms with Gasteiger partial charge in [-0.1, -0.05) is 24.3 Å². The number of carbonyl (C=O) groups excluding carboxylic acids is 1. The van der Waals surface area contributed by atoms with Gasteiger partial charge in [-0.2, -0.15) is 0 Å². The van der Waals surface area contributed by atoms with Crippen LogP contribution in [0.3, 0.4) is 0 Å². The van der Waals surface area contributed by atoms with E-state index in [0.717, 1.165) is 11.1 Å². The number of benzene rings is 1. The predicted molar refractivity (Wildman–Crippen MR) is 47.2 cm³/mol. The first kappa shape index (κ1) is 8.94. The van der Waals surface area contributed by atoms with Gasteiger partial charge in [0.05, 0.1) is 6.61 Å². The number of carbonyl (C=O) groups is 1. The second-order valence-electron chi connectivity index (χ2n) is 2.65. The third-order valence-electron chi connectivity index (χ3n) is 1.70. The lowest BCUT2D eigenvalue weighted by Gasteiger charge is -2.04. The molecule has 2 nitrogen and oxygen atoms in total. The number of rotatable bonds is 3. The lowest BCUT2D eigenvalue weighted by Crippen LogP contribution is -1.99. The van der Waals surface area contributed by atoms with E-state index in [2.05, 4.69) is 0 Å². The van der Waals surface area contributed by atoms with Crippen LogP contribution in [0.25, 0.3) is 0 Å². The Hall–Kier alpha value is -1.15. The van der Waals surface area contributed by atoms with Gasteiger partial charge >= 0.3 is 0 Å². The average Bonchev–Trinajstić information content (AvgIpc) is 2.05. The zero-order valence-corrected chi connectivity index (χ0v) is 7.33. The molecular formula is C10H12O2. The molecule has 0 atom stereocenters. The molecule has 0 unspecified atom stereocenters. The summed E-state index contributed by atoms with van der Waals surface area (Å²) in [7, 11) is 1.62. The first-order valence-electron chi connectivity index (χ1n) is 3.83. The highest BCUT2D eigenvalue weighted by Crippen LogP contribution is 2.09. The van der Waals surface area contributed by atoms with E-state index < -0.39 is 0 Å². The predicted octanol–water partition coefficient (Wildman–Crippen LogP) is 2.04. The van der Waals surface area contributed by atoms with Crippen LogP contribution in [0, 0.1) is 0 Å². The summed E-state index contributed by atoms with van der Waals surface area (Å²) in [5.41, 5.74) is 1.70. The van der Waals surface area contributed by atoms with Crippen LogP contribution in [0.5, 0.6) is 0 Å². The molecule has 0 radical (unpaired) electrons. The molecule has 0 saturated heterocycles. The van der Waals surface area contributed by atoms with Crippen molar-refractivity contribution in [1.82, 2.24) is 0 Å². The fraction of sp³-hybridized carbons (Fsp3) is 0.300. The molecule has 0 spiro atoms. The van der Waals surface area contributed by atoms with Crippen molar-refractivity contribution in [3.63, 3.8) is 0 Å². The van der Waals surface area contributed by atoms with E-state index in [1.807, 2.05) is 24.3 Å². The summed E-state index contributed by atoms with van der Waals surface area (Å²) in [5.74, 6) is 0.0858. The second kappa shape index (κ2) is 4.02. The minimum Gasteiger partial charge on any atom is -0.380 e. The van der Waals surface area contributed by atoms with Crippen molar-refractivity contribution in [2.24, 2.45) is 0 Å². The molecule has 0 saturated carbocycles. The molecule has 0 amide bonds. The summed E-state index contributed by atoms with van der Waals surface area (Å²) < 4.78 is 4.97. The third kappa shape index (κ3) is 1.92. The molecule has 1 aromatic carbocycles. The molecular weight excluding hydrogens is 152 g/mol. The standard InChI is InChI=1S/C10H12O2/c1-8(11)10-6-4-3-5-9(10)7-12-2/h3-6H,7H2,1-2H3. The zero-order valence-electron chi connectivity index (χ0n) is 7.33. The topological polar surface area (TPSA) is 26.3 Å². The maximum Gasteiger partial charge on any atom is 0.160 e. The average molecular weight is 164 g/mol.